The van der Waals surface area contributed by atoms with Crippen LogP contribution in [0, 0.1) is 17.0 Å². The smallest absolute Gasteiger partial charge is 0.321 e. The van der Waals surface area contributed by atoms with Crippen LogP contribution < -0.4 is 5.32 Å². The molecule has 0 aromatic heterocycles. The van der Waals surface area contributed by atoms with Crippen molar-refractivity contribution in [3.8, 4) is 0 Å². The number of anilines is 1. The first-order valence-corrected chi connectivity index (χ1v) is 7.72. The lowest BCUT2D eigenvalue weighted by molar-refractivity contribution is -0.162. The van der Waals surface area contributed by atoms with Crippen molar-refractivity contribution in [3.05, 3.63) is 29.8 Å². The van der Waals surface area contributed by atoms with E-state index < -0.39 is 35.2 Å². The number of hydrogen-bond acceptors (Lipinski definition) is 3. The molecule has 1 aromatic carbocycles. The highest BCUT2D eigenvalue weighted by molar-refractivity contribution is 5.90. The average Bonchev–Trinajstić information content (AvgIpc) is 2.53. The van der Waals surface area contributed by atoms with Crippen molar-refractivity contribution in [1.29, 1.82) is 0 Å². The fourth-order valence-electron chi connectivity index (χ4n) is 3.05. The molecule has 1 aliphatic rings. The van der Waals surface area contributed by atoms with E-state index in [-0.39, 0.29) is 31.6 Å². The molecule has 132 valence electrons. The number of rotatable bonds is 4. The van der Waals surface area contributed by atoms with Crippen molar-refractivity contribution < 1.29 is 28.6 Å². The van der Waals surface area contributed by atoms with Crippen molar-refractivity contribution in [1.82, 2.24) is 4.90 Å². The molecule has 0 bridgehead atoms. The fraction of sp³-hybridized carbons (Fsp3) is 0.500. The van der Waals surface area contributed by atoms with Gasteiger partial charge in [-0.3, -0.25) is 4.79 Å². The van der Waals surface area contributed by atoms with Gasteiger partial charge in [0.25, 0.3) is 0 Å². The number of carbonyl (C=O) groups is 2. The number of halogens is 2. The minimum absolute atomic E-state index is 0.103. The molecule has 0 aliphatic carbocycles. The highest BCUT2D eigenvalue weighted by Gasteiger charge is 2.49. The molecule has 1 saturated heterocycles. The van der Waals surface area contributed by atoms with E-state index in [9.17, 15) is 28.6 Å². The van der Waals surface area contributed by atoms with Gasteiger partial charge in [0.1, 0.15) is 17.0 Å². The van der Waals surface area contributed by atoms with Crippen LogP contribution in [-0.2, 0) is 4.79 Å². The second-order valence-corrected chi connectivity index (χ2v) is 5.99. The van der Waals surface area contributed by atoms with Gasteiger partial charge in [0.2, 0.25) is 0 Å². The molecule has 1 aromatic rings. The Bertz CT molecular complexity index is 641. The van der Waals surface area contributed by atoms with Crippen molar-refractivity contribution in [3.63, 3.8) is 0 Å². The maximum Gasteiger partial charge on any atom is 0.321 e. The van der Waals surface area contributed by atoms with Crippen LogP contribution in [0.5, 0.6) is 0 Å². The Morgan fingerprint density at radius 3 is 2.75 bits per heavy atom. The van der Waals surface area contributed by atoms with Crippen LogP contribution in [0.2, 0.25) is 0 Å². The Hall–Kier alpha value is -2.22. The quantitative estimate of drug-likeness (QED) is 0.784. The van der Waals surface area contributed by atoms with E-state index in [1.165, 1.54) is 4.90 Å². The van der Waals surface area contributed by atoms with E-state index >= 15 is 0 Å². The Morgan fingerprint density at radius 2 is 2.12 bits per heavy atom. The molecule has 2 atom stereocenters. The number of aliphatic hydroxyl groups excluding tert-OH is 1. The zero-order valence-corrected chi connectivity index (χ0v) is 13.3. The van der Waals surface area contributed by atoms with E-state index in [4.69, 9.17) is 0 Å². The van der Waals surface area contributed by atoms with Crippen LogP contribution >= 0.6 is 0 Å². The molecule has 0 unspecified atom stereocenters. The van der Waals surface area contributed by atoms with Gasteiger partial charge in [0, 0.05) is 19.2 Å². The van der Waals surface area contributed by atoms with Crippen molar-refractivity contribution in [2.45, 2.75) is 32.3 Å². The molecule has 0 saturated carbocycles. The monoisotopic (exact) mass is 342 g/mol. The number of likely N-dealkylation sites (tertiary alicyclic amines) is 1. The molecule has 0 spiro atoms. The first-order chi connectivity index (χ1) is 11.3. The minimum Gasteiger partial charge on any atom is -0.481 e. The molecule has 1 fully saturated rings. The third kappa shape index (κ3) is 3.48. The van der Waals surface area contributed by atoms with Crippen LogP contribution in [0.3, 0.4) is 0 Å². The van der Waals surface area contributed by atoms with Crippen LogP contribution in [0.1, 0.15) is 26.2 Å². The van der Waals surface area contributed by atoms with Crippen LogP contribution in [0.4, 0.5) is 19.3 Å². The van der Waals surface area contributed by atoms with E-state index in [1.807, 2.05) is 0 Å². The van der Waals surface area contributed by atoms with Gasteiger partial charge in [-0.2, -0.15) is 0 Å². The lowest BCUT2D eigenvalue weighted by atomic mass is 9.74. The maximum absolute atomic E-state index is 13.6. The molecule has 3 N–H and O–H groups in total. The predicted molar refractivity (Wildman–Crippen MR) is 82.6 cm³/mol. The molecule has 2 amide bonds. The van der Waals surface area contributed by atoms with Gasteiger partial charge in [0.15, 0.2) is 0 Å². The van der Waals surface area contributed by atoms with Crippen LogP contribution in [-0.4, -0.2) is 46.3 Å². The largest absolute Gasteiger partial charge is 0.481 e. The Morgan fingerprint density at radius 1 is 1.42 bits per heavy atom. The molecule has 1 aliphatic heterocycles. The summed E-state index contributed by atoms with van der Waals surface area (Å²) in [5.74, 6) is -2.67. The Labute approximate surface area is 138 Å². The number of benzene rings is 1. The lowest BCUT2D eigenvalue weighted by Crippen LogP contribution is -2.57. The number of hydrogen-bond donors (Lipinski definition) is 3. The molecular weight excluding hydrogens is 322 g/mol. The number of carboxylic acids is 1. The Balaban J connectivity index is 2.18. The van der Waals surface area contributed by atoms with Gasteiger partial charge in [-0.15, -0.1) is 0 Å². The summed E-state index contributed by atoms with van der Waals surface area (Å²) < 4.78 is 26.8. The summed E-state index contributed by atoms with van der Waals surface area (Å²) in [6.45, 7) is 1.72. The number of piperidine rings is 1. The number of carbonyl (C=O) groups excluding carboxylic acids is 1. The first kappa shape index (κ1) is 18.1. The summed E-state index contributed by atoms with van der Waals surface area (Å²) in [5, 5.41) is 21.9. The molecule has 2 rings (SSSR count). The number of aliphatic hydroxyl groups is 1. The maximum atomic E-state index is 13.6. The van der Waals surface area contributed by atoms with Crippen molar-refractivity contribution >= 4 is 17.7 Å². The van der Waals surface area contributed by atoms with Crippen LogP contribution in [0.25, 0.3) is 0 Å². The molecular formula is C16H20F2N2O4. The summed E-state index contributed by atoms with van der Waals surface area (Å²) >= 11 is 0. The van der Waals surface area contributed by atoms with Crippen molar-refractivity contribution in [2.24, 2.45) is 5.41 Å². The van der Waals surface area contributed by atoms with Gasteiger partial charge in [-0.25, -0.2) is 13.6 Å². The molecule has 8 heteroatoms. The van der Waals surface area contributed by atoms with Gasteiger partial charge >= 0.3 is 12.0 Å². The standard InChI is InChI=1S/C16H20F2N2O4/c1-2-6-16(14(22)23)9-20(7-5-13(16)21)15(24)19-12-8-10(17)3-4-11(12)18/h3-4,8,13,21H,2,5-7,9H2,1H3,(H,19,24)(H,22,23)/t13-,16-/m1/s1. The SMILES string of the molecule is CCC[C@@]1(C(=O)O)CN(C(=O)Nc2cc(F)ccc2F)CC[C@H]1O. The molecule has 1 heterocycles. The second-order valence-electron chi connectivity index (χ2n) is 5.99. The van der Waals surface area contributed by atoms with E-state index in [0.717, 1.165) is 18.2 Å². The molecule has 0 radical (unpaired) electrons. The molecule has 24 heavy (non-hydrogen) atoms. The van der Waals surface area contributed by atoms with E-state index in [2.05, 4.69) is 5.32 Å². The van der Waals surface area contributed by atoms with Crippen LogP contribution in [0.15, 0.2) is 18.2 Å². The summed E-state index contributed by atoms with van der Waals surface area (Å²) in [7, 11) is 0. The van der Waals surface area contributed by atoms with Gasteiger partial charge < -0.3 is 20.4 Å². The third-order valence-electron chi connectivity index (χ3n) is 4.36. The van der Waals surface area contributed by atoms with Gasteiger partial charge in [-0.1, -0.05) is 13.3 Å². The summed E-state index contributed by atoms with van der Waals surface area (Å²) in [4.78, 5) is 25.2. The summed E-state index contributed by atoms with van der Waals surface area (Å²) in [5.41, 5.74) is -1.77. The number of nitrogens with zero attached hydrogens (tertiary/aromatic N) is 1. The number of carboxylic acid groups (broad SMARTS) is 1. The second kappa shape index (κ2) is 7.12. The van der Waals surface area contributed by atoms with Gasteiger partial charge in [-0.05, 0) is 25.0 Å². The minimum atomic E-state index is -1.45. The number of urea groups is 1. The average molecular weight is 342 g/mol. The van der Waals surface area contributed by atoms with Gasteiger partial charge in [0.05, 0.1) is 11.8 Å². The normalized spacial score (nSPS) is 23.8. The van der Waals surface area contributed by atoms with E-state index in [0.29, 0.717) is 6.42 Å². The molecule has 6 nitrogen and oxygen atoms in total. The number of amides is 2. The summed E-state index contributed by atoms with van der Waals surface area (Å²) in [6, 6.07) is 1.94. The zero-order valence-electron chi connectivity index (χ0n) is 13.3. The lowest BCUT2D eigenvalue weighted by Gasteiger charge is -2.43. The zero-order chi connectivity index (χ0) is 17.9. The number of nitrogens with one attached hydrogen (secondary N) is 1. The predicted octanol–water partition coefficient (Wildman–Crippen LogP) is 2.43. The number of aliphatic carboxylic acids is 1. The Kier molecular flexibility index (Phi) is 5.38. The summed E-state index contributed by atoms with van der Waals surface area (Å²) in [6.07, 6.45) is -0.227. The van der Waals surface area contributed by atoms with E-state index in [1.54, 1.807) is 6.92 Å². The van der Waals surface area contributed by atoms with Crippen molar-refractivity contribution in [2.75, 3.05) is 18.4 Å². The third-order valence-corrected chi connectivity index (χ3v) is 4.36. The fourth-order valence-corrected chi connectivity index (χ4v) is 3.05. The first-order valence-electron chi connectivity index (χ1n) is 7.72. The highest BCUT2D eigenvalue weighted by Crippen LogP contribution is 2.35. The highest BCUT2D eigenvalue weighted by atomic mass is 19.1. The topological polar surface area (TPSA) is 89.9 Å².